The molecule has 0 bridgehead atoms. The van der Waals surface area contributed by atoms with Crippen LogP contribution in [-0.2, 0) is 4.74 Å². The summed E-state index contributed by atoms with van der Waals surface area (Å²) < 4.78 is 5.15. The summed E-state index contributed by atoms with van der Waals surface area (Å²) in [6.07, 6.45) is 3.35. The first-order valence-corrected chi connectivity index (χ1v) is 8.71. The molecule has 0 aliphatic rings. The van der Waals surface area contributed by atoms with Crippen molar-refractivity contribution in [3.63, 3.8) is 0 Å². The summed E-state index contributed by atoms with van der Waals surface area (Å²) >= 11 is 13.5. The van der Waals surface area contributed by atoms with E-state index in [2.05, 4.69) is 9.97 Å². The van der Waals surface area contributed by atoms with E-state index in [1.807, 2.05) is 12.1 Å². The van der Waals surface area contributed by atoms with Crippen molar-refractivity contribution >= 4 is 40.5 Å². The lowest BCUT2D eigenvalue weighted by Crippen LogP contribution is -2.04. The first kappa shape index (κ1) is 16.9. The molecule has 1 aromatic carbocycles. The number of halogens is 2. The Bertz CT molecular complexity index is 882. The van der Waals surface area contributed by atoms with Crippen LogP contribution in [0, 0.1) is 0 Å². The number of benzene rings is 1. The molecule has 0 saturated heterocycles. The van der Waals surface area contributed by atoms with Gasteiger partial charge in [-0.25, -0.2) is 9.78 Å². The van der Waals surface area contributed by atoms with Crippen molar-refractivity contribution < 1.29 is 9.53 Å². The van der Waals surface area contributed by atoms with Gasteiger partial charge in [-0.3, -0.25) is 4.98 Å². The molecule has 3 rings (SSSR count). The number of aromatic nitrogens is 2. The average molecular weight is 379 g/mol. The average Bonchev–Trinajstić information content (AvgIpc) is 3.01. The summed E-state index contributed by atoms with van der Waals surface area (Å²) in [6.45, 7) is 2.05. The molecule has 0 N–H and O–H groups in total. The molecule has 0 amide bonds. The number of nitrogens with zero attached hydrogens (tertiary/aromatic N) is 2. The van der Waals surface area contributed by atoms with Crippen LogP contribution in [0.3, 0.4) is 0 Å². The first-order valence-electron chi connectivity index (χ1n) is 7.14. The lowest BCUT2D eigenvalue weighted by molar-refractivity contribution is 0.0532. The molecule has 0 fully saturated rings. The van der Waals surface area contributed by atoms with Crippen molar-refractivity contribution in [2.24, 2.45) is 0 Å². The molecule has 24 heavy (non-hydrogen) atoms. The quantitative estimate of drug-likeness (QED) is 0.573. The Morgan fingerprint density at radius 2 is 1.96 bits per heavy atom. The first-order chi connectivity index (χ1) is 11.6. The zero-order chi connectivity index (χ0) is 17.1. The van der Waals surface area contributed by atoms with Crippen LogP contribution < -0.4 is 0 Å². The van der Waals surface area contributed by atoms with E-state index in [0.29, 0.717) is 31.2 Å². The molecule has 0 unspecified atom stereocenters. The molecule has 0 radical (unpaired) electrons. The van der Waals surface area contributed by atoms with E-state index in [-0.39, 0.29) is 6.61 Å². The summed E-state index contributed by atoms with van der Waals surface area (Å²) in [5, 5.41) is 1.65. The highest BCUT2D eigenvalue weighted by Gasteiger charge is 2.22. The van der Waals surface area contributed by atoms with Crippen molar-refractivity contribution in [3.8, 4) is 21.8 Å². The second-order valence-corrected chi connectivity index (χ2v) is 6.62. The van der Waals surface area contributed by atoms with Gasteiger partial charge in [-0.15, -0.1) is 11.3 Å². The van der Waals surface area contributed by atoms with E-state index in [1.165, 1.54) is 11.3 Å². The molecule has 0 saturated carbocycles. The van der Waals surface area contributed by atoms with E-state index < -0.39 is 5.97 Å². The zero-order valence-electron chi connectivity index (χ0n) is 12.6. The van der Waals surface area contributed by atoms with Gasteiger partial charge in [0.25, 0.3) is 0 Å². The van der Waals surface area contributed by atoms with E-state index >= 15 is 0 Å². The van der Waals surface area contributed by atoms with Crippen molar-refractivity contribution in [1.29, 1.82) is 0 Å². The minimum Gasteiger partial charge on any atom is -0.462 e. The molecule has 0 spiro atoms. The standard InChI is InChI=1S/C17H12Cl2N2O2S/c1-2-23-17(22)15-14(12-4-3-11(18)9-13(12)19)21-16(24-15)10-5-7-20-8-6-10/h3-9H,2H2,1H3. The van der Waals surface area contributed by atoms with Gasteiger partial charge in [0, 0.05) is 28.5 Å². The Morgan fingerprint density at radius 3 is 2.62 bits per heavy atom. The molecule has 2 heterocycles. The Kier molecular flexibility index (Phi) is 5.14. The predicted molar refractivity (Wildman–Crippen MR) is 96.8 cm³/mol. The maximum atomic E-state index is 12.3. The van der Waals surface area contributed by atoms with Crippen molar-refractivity contribution in [2.75, 3.05) is 6.61 Å². The van der Waals surface area contributed by atoms with E-state index in [9.17, 15) is 4.79 Å². The fraction of sp³-hybridized carbons (Fsp3) is 0.118. The van der Waals surface area contributed by atoms with Crippen LogP contribution in [0.15, 0.2) is 42.7 Å². The van der Waals surface area contributed by atoms with Crippen molar-refractivity contribution in [3.05, 3.63) is 57.6 Å². The molecule has 0 atom stereocenters. The summed E-state index contributed by atoms with van der Waals surface area (Å²) in [6, 6.07) is 8.75. The van der Waals surface area contributed by atoms with Crippen LogP contribution in [0.2, 0.25) is 10.0 Å². The van der Waals surface area contributed by atoms with E-state index in [0.717, 1.165) is 5.56 Å². The van der Waals surface area contributed by atoms with Gasteiger partial charge < -0.3 is 4.74 Å². The van der Waals surface area contributed by atoms with Gasteiger partial charge in [0.15, 0.2) is 0 Å². The highest BCUT2D eigenvalue weighted by molar-refractivity contribution is 7.17. The third kappa shape index (κ3) is 3.43. The van der Waals surface area contributed by atoms with Crippen LogP contribution in [0.5, 0.6) is 0 Å². The minimum atomic E-state index is -0.420. The fourth-order valence-electron chi connectivity index (χ4n) is 2.14. The number of thiazole rings is 1. The summed E-state index contributed by atoms with van der Waals surface area (Å²) in [7, 11) is 0. The van der Waals surface area contributed by atoms with Crippen LogP contribution in [-0.4, -0.2) is 22.5 Å². The van der Waals surface area contributed by atoms with Gasteiger partial charge >= 0.3 is 5.97 Å². The molecule has 3 aromatic rings. The van der Waals surface area contributed by atoms with Gasteiger partial charge in [-0.1, -0.05) is 23.2 Å². The number of carbonyl (C=O) groups is 1. The second kappa shape index (κ2) is 7.30. The van der Waals surface area contributed by atoms with Gasteiger partial charge in [-0.2, -0.15) is 0 Å². The van der Waals surface area contributed by atoms with E-state index in [1.54, 1.807) is 37.5 Å². The maximum Gasteiger partial charge on any atom is 0.350 e. The molecule has 7 heteroatoms. The molecule has 0 aliphatic carbocycles. The van der Waals surface area contributed by atoms with Gasteiger partial charge in [-0.05, 0) is 37.3 Å². The topological polar surface area (TPSA) is 52.1 Å². The number of hydrogen-bond acceptors (Lipinski definition) is 5. The summed E-state index contributed by atoms with van der Waals surface area (Å²) in [5.41, 5.74) is 2.00. The SMILES string of the molecule is CCOC(=O)c1sc(-c2ccncc2)nc1-c1ccc(Cl)cc1Cl. The molecular formula is C17H12Cl2N2O2S. The number of esters is 1. The Labute approximate surface area is 153 Å². The van der Waals surface area contributed by atoms with Crippen LogP contribution >= 0.6 is 34.5 Å². The van der Waals surface area contributed by atoms with Crippen molar-refractivity contribution in [1.82, 2.24) is 9.97 Å². The van der Waals surface area contributed by atoms with Crippen LogP contribution in [0.4, 0.5) is 0 Å². The normalized spacial score (nSPS) is 10.6. The van der Waals surface area contributed by atoms with Crippen LogP contribution in [0.25, 0.3) is 21.8 Å². The highest BCUT2D eigenvalue weighted by atomic mass is 35.5. The van der Waals surface area contributed by atoms with Crippen molar-refractivity contribution in [2.45, 2.75) is 6.92 Å². The molecule has 2 aromatic heterocycles. The number of ether oxygens (including phenoxy) is 1. The van der Waals surface area contributed by atoms with Gasteiger partial charge in [0.1, 0.15) is 9.88 Å². The monoisotopic (exact) mass is 378 g/mol. The second-order valence-electron chi connectivity index (χ2n) is 4.78. The summed E-state index contributed by atoms with van der Waals surface area (Å²) in [5.74, 6) is -0.420. The number of carbonyl (C=O) groups excluding carboxylic acids is 1. The smallest absolute Gasteiger partial charge is 0.350 e. The molecule has 0 aliphatic heterocycles. The maximum absolute atomic E-state index is 12.3. The third-order valence-electron chi connectivity index (χ3n) is 3.20. The molecular weight excluding hydrogens is 367 g/mol. The van der Waals surface area contributed by atoms with Gasteiger partial charge in [0.05, 0.1) is 17.3 Å². The number of hydrogen-bond donors (Lipinski definition) is 0. The molecule has 122 valence electrons. The Morgan fingerprint density at radius 1 is 1.21 bits per heavy atom. The third-order valence-corrected chi connectivity index (χ3v) is 4.83. The Hall–Kier alpha value is -1.95. The number of rotatable bonds is 4. The zero-order valence-corrected chi connectivity index (χ0v) is 15.0. The van der Waals surface area contributed by atoms with E-state index in [4.69, 9.17) is 27.9 Å². The molecule has 4 nitrogen and oxygen atoms in total. The van der Waals surface area contributed by atoms with Gasteiger partial charge in [0.2, 0.25) is 0 Å². The fourth-order valence-corrected chi connectivity index (χ4v) is 3.61. The largest absolute Gasteiger partial charge is 0.462 e. The summed E-state index contributed by atoms with van der Waals surface area (Å²) in [4.78, 5) is 21.3. The minimum absolute atomic E-state index is 0.287. The Balaban J connectivity index is 2.16. The lowest BCUT2D eigenvalue weighted by Gasteiger charge is -2.05. The highest BCUT2D eigenvalue weighted by Crippen LogP contribution is 2.38. The number of pyridine rings is 1. The lowest BCUT2D eigenvalue weighted by atomic mass is 10.1. The predicted octanol–water partition coefficient (Wildman–Crippen LogP) is 5.36. The van der Waals surface area contributed by atoms with Crippen LogP contribution in [0.1, 0.15) is 16.6 Å².